The fourth-order valence-corrected chi connectivity index (χ4v) is 7.58. The summed E-state index contributed by atoms with van der Waals surface area (Å²) in [5.41, 5.74) is 2.33. The Morgan fingerprint density at radius 1 is 0.867 bits per heavy atom. The van der Waals surface area contributed by atoms with Crippen molar-refractivity contribution in [2.24, 2.45) is 5.92 Å². The van der Waals surface area contributed by atoms with Crippen LogP contribution < -0.4 is 0 Å². The Kier molecular flexibility index (Phi) is 4.50. The molecule has 0 aromatic rings. The van der Waals surface area contributed by atoms with Gasteiger partial charge < -0.3 is 0 Å². The lowest BCUT2D eigenvalue weighted by molar-refractivity contribution is 0.546. The Morgan fingerprint density at radius 2 is 1.27 bits per heavy atom. The summed E-state index contributed by atoms with van der Waals surface area (Å²) in [6.45, 7) is 4.86. The van der Waals surface area contributed by atoms with E-state index in [1.165, 1.54) is 25.7 Å². The fourth-order valence-electron chi connectivity index (χ4n) is 3.49. The minimum atomic E-state index is 0.398. The molecule has 2 fully saturated rings. The molecule has 15 heavy (non-hydrogen) atoms. The number of fused-ring (bicyclic) bond motifs is 2. The molecule has 0 spiro atoms. The molecule has 0 aliphatic carbocycles. The molecule has 0 unspecified atom stereocenters. The van der Waals surface area contributed by atoms with Crippen molar-refractivity contribution in [3.63, 3.8) is 0 Å². The molecule has 88 valence electrons. The van der Waals surface area contributed by atoms with E-state index in [4.69, 9.17) is 0 Å². The standard InChI is InChI=1S/C14H27P/c1-12(2)11-15-13-7-3-4-8-14(15)10-6-5-9-13/h12-14H,3-11H2,1-2H3. The highest BCUT2D eigenvalue weighted by Crippen LogP contribution is 2.57. The molecule has 2 aliphatic heterocycles. The molecule has 1 heteroatoms. The predicted molar refractivity (Wildman–Crippen MR) is 71.1 cm³/mol. The molecule has 0 nitrogen and oxygen atoms in total. The van der Waals surface area contributed by atoms with E-state index in [2.05, 4.69) is 13.8 Å². The minimum absolute atomic E-state index is 0.398. The lowest BCUT2D eigenvalue weighted by Gasteiger charge is -2.31. The van der Waals surface area contributed by atoms with Crippen LogP contribution in [0.5, 0.6) is 0 Å². The normalized spacial score (nSPS) is 37.4. The van der Waals surface area contributed by atoms with Crippen LogP contribution in [-0.4, -0.2) is 17.5 Å². The fraction of sp³-hybridized carbons (Fsp3) is 1.00. The SMILES string of the molecule is CC(C)CP1C2CCCCC1CCCC2. The second kappa shape index (κ2) is 5.67. The first kappa shape index (κ1) is 11.9. The summed E-state index contributed by atoms with van der Waals surface area (Å²) in [4.78, 5) is 0. The van der Waals surface area contributed by atoms with Crippen LogP contribution in [0.25, 0.3) is 0 Å². The van der Waals surface area contributed by atoms with Gasteiger partial charge in [-0.05, 0) is 49.1 Å². The van der Waals surface area contributed by atoms with Gasteiger partial charge in [-0.1, -0.05) is 39.5 Å². The average Bonchev–Trinajstić information content (AvgIpc) is 2.49. The number of hydrogen-bond donors (Lipinski definition) is 0. The first-order valence-electron chi connectivity index (χ1n) is 7.03. The largest absolute Gasteiger partial charge is 0.100 e. The molecule has 0 aromatic carbocycles. The second-order valence-electron chi connectivity index (χ2n) is 5.97. The van der Waals surface area contributed by atoms with Crippen molar-refractivity contribution in [3.05, 3.63) is 0 Å². The summed E-state index contributed by atoms with van der Waals surface area (Å²) in [6, 6.07) is 0. The van der Waals surface area contributed by atoms with E-state index in [0.29, 0.717) is 7.92 Å². The van der Waals surface area contributed by atoms with Crippen LogP contribution in [0.15, 0.2) is 0 Å². The smallest absolute Gasteiger partial charge is 0.0207 e. The molecule has 2 heterocycles. The van der Waals surface area contributed by atoms with Gasteiger partial charge in [0.1, 0.15) is 0 Å². The Balaban J connectivity index is 2.06. The molecule has 0 atom stereocenters. The zero-order valence-corrected chi connectivity index (χ0v) is 11.4. The first-order valence-corrected chi connectivity index (χ1v) is 8.69. The van der Waals surface area contributed by atoms with Crippen LogP contribution in [0.4, 0.5) is 0 Å². The maximum Gasteiger partial charge on any atom is -0.0207 e. The molecule has 0 amide bonds. The van der Waals surface area contributed by atoms with Gasteiger partial charge in [0.25, 0.3) is 0 Å². The maximum atomic E-state index is 2.43. The average molecular weight is 226 g/mol. The van der Waals surface area contributed by atoms with Crippen LogP contribution in [0.1, 0.15) is 65.2 Å². The van der Waals surface area contributed by atoms with Gasteiger partial charge >= 0.3 is 0 Å². The zero-order valence-electron chi connectivity index (χ0n) is 10.5. The van der Waals surface area contributed by atoms with E-state index in [1.807, 2.05) is 0 Å². The quantitative estimate of drug-likeness (QED) is 0.581. The van der Waals surface area contributed by atoms with Crippen LogP contribution in [0.3, 0.4) is 0 Å². The topological polar surface area (TPSA) is 0 Å². The molecule has 2 saturated heterocycles. The van der Waals surface area contributed by atoms with Gasteiger partial charge in [0, 0.05) is 0 Å². The highest BCUT2D eigenvalue weighted by molar-refractivity contribution is 7.59. The van der Waals surface area contributed by atoms with Gasteiger partial charge in [-0.15, -0.1) is 7.92 Å². The summed E-state index contributed by atoms with van der Waals surface area (Å²) in [5.74, 6) is 0.942. The third kappa shape index (κ3) is 3.19. The molecule has 0 saturated carbocycles. The Morgan fingerprint density at radius 3 is 1.60 bits per heavy atom. The molecule has 2 bridgehead atoms. The van der Waals surface area contributed by atoms with Crippen LogP contribution in [0, 0.1) is 5.92 Å². The Labute approximate surface area is 97.0 Å². The molecule has 0 radical (unpaired) electrons. The molecule has 2 aliphatic rings. The van der Waals surface area contributed by atoms with Gasteiger partial charge in [0.05, 0.1) is 0 Å². The highest BCUT2D eigenvalue weighted by Gasteiger charge is 2.32. The van der Waals surface area contributed by atoms with Gasteiger partial charge in [0.2, 0.25) is 0 Å². The van der Waals surface area contributed by atoms with Crippen LogP contribution in [0.2, 0.25) is 0 Å². The minimum Gasteiger partial charge on any atom is -0.100 e. The van der Waals surface area contributed by atoms with Crippen molar-refractivity contribution >= 4 is 7.92 Å². The summed E-state index contributed by atoms with van der Waals surface area (Å²) in [6.07, 6.45) is 14.0. The lowest BCUT2D eigenvalue weighted by Crippen LogP contribution is -2.14. The zero-order chi connectivity index (χ0) is 10.7. The predicted octanol–water partition coefficient (Wildman–Crippen LogP) is 5.01. The number of hydrogen-bond acceptors (Lipinski definition) is 0. The van der Waals surface area contributed by atoms with Crippen molar-refractivity contribution in [1.82, 2.24) is 0 Å². The first-order chi connectivity index (χ1) is 7.27. The van der Waals surface area contributed by atoms with Gasteiger partial charge in [-0.3, -0.25) is 0 Å². The summed E-state index contributed by atoms with van der Waals surface area (Å²) in [5, 5.41) is 0. The van der Waals surface area contributed by atoms with Gasteiger partial charge in [-0.25, -0.2) is 0 Å². The maximum absolute atomic E-state index is 2.43. The van der Waals surface area contributed by atoms with E-state index in [0.717, 1.165) is 17.2 Å². The summed E-state index contributed by atoms with van der Waals surface area (Å²) >= 11 is 0. The third-order valence-corrected chi connectivity index (χ3v) is 8.22. The molecule has 0 aromatic heterocycles. The van der Waals surface area contributed by atoms with Crippen LogP contribution >= 0.6 is 7.92 Å². The lowest BCUT2D eigenvalue weighted by atomic mass is 10.0. The summed E-state index contributed by atoms with van der Waals surface area (Å²) in [7, 11) is 0.398. The van der Waals surface area contributed by atoms with Crippen molar-refractivity contribution in [1.29, 1.82) is 0 Å². The van der Waals surface area contributed by atoms with E-state index in [1.54, 1.807) is 31.8 Å². The van der Waals surface area contributed by atoms with Gasteiger partial charge in [-0.2, -0.15) is 0 Å². The van der Waals surface area contributed by atoms with E-state index < -0.39 is 0 Å². The van der Waals surface area contributed by atoms with Crippen LogP contribution in [-0.2, 0) is 0 Å². The third-order valence-electron chi connectivity index (χ3n) is 4.16. The highest BCUT2D eigenvalue weighted by atomic mass is 31.1. The van der Waals surface area contributed by atoms with Crippen molar-refractivity contribution in [3.8, 4) is 0 Å². The van der Waals surface area contributed by atoms with E-state index >= 15 is 0 Å². The van der Waals surface area contributed by atoms with E-state index in [9.17, 15) is 0 Å². The monoisotopic (exact) mass is 226 g/mol. The van der Waals surface area contributed by atoms with Gasteiger partial charge in [0.15, 0.2) is 0 Å². The Hall–Kier alpha value is 0.430. The molecule has 0 N–H and O–H groups in total. The molecular weight excluding hydrogens is 199 g/mol. The summed E-state index contributed by atoms with van der Waals surface area (Å²) < 4.78 is 0. The van der Waals surface area contributed by atoms with Crippen molar-refractivity contribution < 1.29 is 0 Å². The van der Waals surface area contributed by atoms with Crippen molar-refractivity contribution in [2.75, 3.05) is 6.16 Å². The Bertz CT molecular complexity index is 160. The molecular formula is C14H27P. The second-order valence-corrected chi connectivity index (χ2v) is 8.82. The molecule has 2 rings (SSSR count). The van der Waals surface area contributed by atoms with Crippen molar-refractivity contribution in [2.45, 2.75) is 76.5 Å². The number of rotatable bonds is 2. The van der Waals surface area contributed by atoms with E-state index in [-0.39, 0.29) is 0 Å².